The predicted molar refractivity (Wildman–Crippen MR) is 64.5 cm³/mol. The molecule has 0 unspecified atom stereocenters. The molecule has 17 heavy (non-hydrogen) atoms. The van der Waals surface area contributed by atoms with Gasteiger partial charge < -0.3 is 14.8 Å². The summed E-state index contributed by atoms with van der Waals surface area (Å²) in [5.74, 6) is 0.143. The number of ether oxygens (including phenoxy) is 2. The Kier molecular flexibility index (Phi) is 5.48. The van der Waals surface area contributed by atoms with Crippen LogP contribution in [0.25, 0.3) is 0 Å². The Labute approximate surface area is 104 Å². The zero-order chi connectivity index (χ0) is 12.7. The molecule has 0 fully saturated rings. The van der Waals surface area contributed by atoms with E-state index in [-0.39, 0.29) is 24.8 Å². The van der Waals surface area contributed by atoms with E-state index in [1.807, 2.05) is 0 Å². The molecule has 1 aromatic rings. The second-order valence-electron chi connectivity index (χ2n) is 3.16. The molecule has 0 spiro atoms. The number of amides is 1. The number of carbonyl (C=O) groups is 2. The normalized spacial score (nSPS) is 9.76. The monoisotopic (exact) mass is 257 g/mol. The first-order valence-corrected chi connectivity index (χ1v) is 6.11. The molecule has 0 radical (unpaired) electrons. The zero-order valence-corrected chi connectivity index (χ0v) is 10.6. The fourth-order valence-corrected chi connectivity index (χ4v) is 1.91. The molecule has 0 aliphatic heterocycles. The highest BCUT2D eigenvalue weighted by atomic mass is 32.1. The van der Waals surface area contributed by atoms with Crippen LogP contribution in [-0.2, 0) is 9.53 Å². The van der Waals surface area contributed by atoms with Gasteiger partial charge in [0.2, 0.25) is 0 Å². The minimum absolute atomic E-state index is 0.183. The predicted octanol–water partition coefficient (Wildman–Crippen LogP) is 1.44. The largest absolute Gasteiger partial charge is 0.496 e. The summed E-state index contributed by atoms with van der Waals surface area (Å²) < 4.78 is 9.72. The molecular formula is C11H15NO4S. The van der Waals surface area contributed by atoms with Crippen molar-refractivity contribution in [2.45, 2.75) is 13.3 Å². The molecule has 6 heteroatoms. The Morgan fingerprint density at radius 3 is 2.82 bits per heavy atom. The lowest BCUT2D eigenvalue weighted by Gasteiger charge is -2.03. The molecule has 0 aliphatic carbocycles. The molecule has 0 bridgehead atoms. The van der Waals surface area contributed by atoms with Gasteiger partial charge in [-0.3, -0.25) is 9.59 Å². The van der Waals surface area contributed by atoms with Gasteiger partial charge in [-0.15, -0.1) is 11.3 Å². The topological polar surface area (TPSA) is 64.6 Å². The van der Waals surface area contributed by atoms with Crippen molar-refractivity contribution in [2.24, 2.45) is 0 Å². The van der Waals surface area contributed by atoms with Gasteiger partial charge in [0.15, 0.2) is 0 Å². The number of hydrogen-bond acceptors (Lipinski definition) is 5. The Balaban J connectivity index is 2.32. The van der Waals surface area contributed by atoms with E-state index in [0.29, 0.717) is 17.2 Å². The van der Waals surface area contributed by atoms with Gasteiger partial charge in [0.25, 0.3) is 5.91 Å². The van der Waals surface area contributed by atoms with Gasteiger partial charge in [-0.05, 0) is 6.92 Å². The van der Waals surface area contributed by atoms with Gasteiger partial charge >= 0.3 is 5.97 Å². The standard InChI is InChI=1S/C11H15NO4S/c1-3-16-10(13)4-5-12-11(14)9-6-8(15-2)7-17-9/h6-7H,3-5H2,1-2H3,(H,12,14). The van der Waals surface area contributed by atoms with Crippen LogP contribution in [0.1, 0.15) is 23.0 Å². The summed E-state index contributed by atoms with van der Waals surface area (Å²) in [6.07, 6.45) is 0.183. The lowest BCUT2D eigenvalue weighted by atomic mass is 10.4. The van der Waals surface area contributed by atoms with Crippen molar-refractivity contribution in [3.63, 3.8) is 0 Å². The van der Waals surface area contributed by atoms with Crippen LogP contribution in [0, 0.1) is 0 Å². The summed E-state index contributed by atoms with van der Waals surface area (Å²) in [6, 6.07) is 1.66. The number of esters is 1. The first kappa shape index (κ1) is 13.5. The van der Waals surface area contributed by atoms with Crippen LogP contribution < -0.4 is 10.1 Å². The van der Waals surface area contributed by atoms with Gasteiger partial charge in [-0.2, -0.15) is 0 Å². The molecule has 0 saturated heterocycles. The summed E-state index contributed by atoms with van der Waals surface area (Å²) in [6.45, 7) is 2.38. The smallest absolute Gasteiger partial charge is 0.307 e. The highest BCUT2D eigenvalue weighted by Crippen LogP contribution is 2.20. The van der Waals surface area contributed by atoms with Crippen LogP contribution in [0.4, 0.5) is 0 Å². The van der Waals surface area contributed by atoms with E-state index in [2.05, 4.69) is 5.32 Å². The first-order valence-electron chi connectivity index (χ1n) is 5.23. The van der Waals surface area contributed by atoms with Gasteiger partial charge in [-0.25, -0.2) is 0 Å². The molecule has 1 rings (SSSR count). The lowest BCUT2D eigenvalue weighted by molar-refractivity contribution is -0.142. The van der Waals surface area contributed by atoms with Crippen LogP contribution >= 0.6 is 11.3 Å². The van der Waals surface area contributed by atoms with Crippen molar-refractivity contribution in [3.05, 3.63) is 16.3 Å². The van der Waals surface area contributed by atoms with Crippen molar-refractivity contribution in [1.82, 2.24) is 5.32 Å². The molecule has 0 aromatic carbocycles. The lowest BCUT2D eigenvalue weighted by Crippen LogP contribution is -2.25. The van der Waals surface area contributed by atoms with E-state index in [4.69, 9.17) is 9.47 Å². The van der Waals surface area contributed by atoms with Crippen LogP contribution in [0.3, 0.4) is 0 Å². The SMILES string of the molecule is CCOC(=O)CCNC(=O)c1cc(OC)cs1. The molecule has 1 N–H and O–H groups in total. The number of methoxy groups -OCH3 is 1. The van der Waals surface area contributed by atoms with Gasteiger partial charge in [0, 0.05) is 18.0 Å². The average molecular weight is 257 g/mol. The number of rotatable bonds is 6. The van der Waals surface area contributed by atoms with E-state index < -0.39 is 0 Å². The maximum atomic E-state index is 11.6. The maximum absolute atomic E-state index is 11.6. The number of carbonyl (C=O) groups excluding carboxylic acids is 2. The third kappa shape index (κ3) is 4.44. The molecular weight excluding hydrogens is 242 g/mol. The second kappa shape index (κ2) is 6.90. The number of thiophene rings is 1. The summed E-state index contributed by atoms with van der Waals surface area (Å²) in [7, 11) is 1.55. The van der Waals surface area contributed by atoms with E-state index >= 15 is 0 Å². The number of nitrogens with one attached hydrogen (secondary N) is 1. The van der Waals surface area contributed by atoms with Crippen LogP contribution in [0.15, 0.2) is 11.4 Å². The molecule has 1 amide bonds. The van der Waals surface area contributed by atoms with E-state index in [1.54, 1.807) is 25.5 Å². The average Bonchev–Trinajstić information content (AvgIpc) is 2.77. The van der Waals surface area contributed by atoms with Crippen molar-refractivity contribution in [3.8, 4) is 5.75 Å². The first-order chi connectivity index (χ1) is 8.17. The highest BCUT2D eigenvalue weighted by molar-refractivity contribution is 7.12. The molecule has 94 valence electrons. The zero-order valence-electron chi connectivity index (χ0n) is 9.82. The summed E-state index contributed by atoms with van der Waals surface area (Å²) >= 11 is 1.30. The van der Waals surface area contributed by atoms with Crippen molar-refractivity contribution in [1.29, 1.82) is 0 Å². The molecule has 0 atom stereocenters. The third-order valence-corrected chi connectivity index (χ3v) is 2.86. The Morgan fingerprint density at radius 1 is 1.47 bits per heavy atom. The number of hydrogen-bond donors (Lipinski definition) is 1. The second-order valence-corrected chi connectivity index (χ2v) is 4.07. The summed E-state index contributed by atoms with van der Waals surface area (Å²) in [5.41, 5.74) is 0. The van der Waals surface area contributed by atoms with Crippen molar-refractivity contribution in [2.75, 3.05) is 20.3 Å². The molecule has 1 aromatic heterocycles. The van der Waals surface area contributed by atoms with Crippen molar-refractivity contribution >= 4 is 23.2 Å². The van der Waals surface area contributed by atoms with Crippen molar-refractivity contribution < 1.29 is 19.1 Å². The Bertz CT molecular complexity index is 389. The van der Waals surface area contributed by atoms with Crippen LogP contribution in [-0.4, -0.2) is 32.1 Å². The fraction of sp³-hybridized carbons (Fsp3) is 0.455. The summed E-state index contributed by atoms with van der Waals surface area (Å²) in [4.78, 5) is 23.2. The highest BCUT2D eigenvalue weighted by Gasteiger charge is 2.09. The molecule has 1 heterocycles. The van der Waals surface area contributed by atoms with Gasteiger partial charge in [0.05, 0.1) is 25.0 Å². The Morgan fingerprint density at radius 2 is 2.24 bits per heavy atom. The minimum Gasteiger partial charge on any atom is -0.496 e. The Hall–Kier alpha value is -1.56. The van der Waals surface area contributed by atoms with E-state index in [0.717, 1.165) is 0 Å². The van der Waals surface area contributed by atoms with Crippen LogP contribution in [0.5, 0.6) is 5.75 Å². The quantitative estimate of drug-likeness (QED) is 0.783. The van der Waals surface area contributed by atoms with E-state index in [9.17, 15) is 9.59 Å². The molecule has 0 saturated carbocycles. The minimum atomic E-state index is -0.309. The summed E-state index contributed by atoms with van der Waals surface area (Å²) in [5, 5.41) is 4.39. The van der Waals surface area contributed by atoms with Crippen LogP contribution in [0.2, 0.25) is 0 Å². The molecule has 5 nitrogen and oxygen atoms in total. The fourth-order valence-electron chi connectivity index (χ4n) is 1.14. The van der Waals surface area contributed by atoms with Gasteiger partial charge in [-0.1, -0.05) is 0 Å². The van der Waals surface area contributed by atoms with Gasteiger partial charge in [0.1, 0.15) is 5.75 Å². The maximum Gasteiger partial charge on any atom is 0.307 e. The molecule has 0 aliphatic rings. The third-order valence-electron chi connectivity index (χ3n) is 1.95. The van der Waals surface area contributed by atoms with E-state index in [1.165, 1.54) is 11.3 Å².